The van der Waals surface area contributed by atoms with Gasteiger partial charge in [0.25, 0.3) is 0 Å². The molecule has 0 radical (unpaired) electrons. The highest BCUT2D eigenvalue weighted by atomic mass is 35.7. The summed E-state index contributed by atoms with van der Waals surface area (Å²) in [6.07, 6.45) is 1.16. The molecule has 0 amide bonds. The summed E-state index contributed by atoms with van der Waals surface area (Å²) < 4.78 is 12.2. The fourth-order valence-electron chi connectivity index (χ4n) is 0.801. The van der Waals surface area contributed by atoms with Crippen molar-refractivity contribution in [2.24, 2.45) is 0 Å². The molecule has 1 heterocycles. The lowest BCUT2D eigenvalue weighted by Gasteiger charge is -2.02. The van der Waals surface area contributed by atoms with E-state index in [0.29, 0.717) is 11.6 Å². The van der Waals surface area contributed by atoms with Crippen molar-refractivity contribution in [3.8, 4) is 0 Å². The zero-order valence-corrected chi connectivity index (χ0v) is 8.05. The maximum atomic E-state index is 10.7. The van der Waals surface area contributed by atoms with Crippen molar-refractivity contribution in [3.05, 3.63) is 12.3 Å². The molecule has 2 atom stereocenters. The third-order valence-electron chi connectivity index (χ3n) is 1.23. The Morgan fingerprint density at radius 1 is 1.92 bits per heavy atom. The van der Waals surface area contributed by atoms with Crippen LogP contribution < -0.4 is 0 Å². The van der Waals surface area contributed by atoms with Crippen LogP contribution in [0.25, 0.3) is 0 Å². The number of hydrogen-bond acceptors (Lipinski definition) is 3. The molecule has 12 heavy (non-hydrogen) atoms. The molecule has 6 heteroatoms. The summed E-state index contributed by atoms with van der Waals surface area (Å²) >= 11 is 0. The summed E-state index contributed by atoms with van der Waals surface area (Å²) in [7, 11) is 3.72. The van der Waals surface area contributed by atoms with E-state index in [1.807, 2.05) is 0 Å². The van der Waals surface area contributed by atoms with Crippen LogP contribution in [-0.2, 0) is 16.6 Å². The number of hydrogen-bond donors (Lipinski definition) is 1. The second kappa shape index (κ2) is 4.02. The molecule has 0 aliphatic rings. The molecule has 1 N–H and O–H groups in total. The van der Waals surface area contributed by atoms with Gasteiger partial charge in [-0.1, -0.05) is 0 Å². The van der Waals surface area contributed by atoms with Crippen molar-refractivity contribution in [1.29, 1.82) is 0 Å². The Kier molecular flexibility index (Phi) is 3.25. The molecular weight excluding hydrogens is 200 g/mol. The molecule has 1 aromatic rings. The van der Waals surface area contributed by atoms with Crippen molar-refractivity contribution in [2.75, 3.05) is 0 Å². The first-order valence-corrected chi connectivity index (χ1v) is 5.36. The average Bonchev–Trinajstić information content (AvgIpc) is 2.34. The Morgan fingerprint density at radius 2 is 2.58 bits per heavy atom. The fourth-order valence-corrected chi connectivity index (χ4v) is 1.38. The highest BCUT2D eigenvalue weighted by Gasteiger charge is 2.05. The molecule has 0 spiro atoms. The van der Waals surface area contributed by atoms with E-state index in [1.165, 1.54) is 4.68 Å². The Morgan fingerprint density at radius 3 is 3.00 bits per heavy atom. The van der Waals surface area contributed by atoms with Gasteiger partial charge in [-0.25, -0.2) is 4.21 Å². The minimum atomic E-state index is -1.56. The highest BCUT2D eigenvalue weighted by molar-refractivity contribution is 8.08. The maximum Gasteiger partial charge on any atom is 0.168 e. The molecule has 2 unspecified atom stereocenters. The number of nitrogens with zero attached hydrogens (tertiary/aromatic N) is 2. The lowest BCUT2D eigenvalue weighted by Crippen LogP contribution is -2.12. The quantitative estimate of drug-likeness (QED) is 0.738. The lowest BCUT2D eigenvalue weighted by molar-refractivity contribution is 0.168. The van der Waals surface area contributed by atoms with E-state index in [0.717, 1.165) is 0 Å². The number of aliphatic hydroxyl groups excluding tert-OH is 1. The number of aromatic nitrogens is 2. The first-order valence-electron chi connectivity index (χ1n) is 3.39. The van der Waals surface area contributed by atoms with Crippen molar-refractivity contribution in [3.63, 3.8) is 0 Å². The van der Waals surface area contributed by atoms with Crippen molar-refractivity contribution in [1.82, 2.24) is 9.78 Å². The van der Waals surface area contributed by atoms with Gasteiger partial charge in [-0.2, -0.15) is 5.10 Å². The zero-order valence-electron chi connectivity index (χ0n) is 6.48. The molecule has 0 aliphatic carbocycles. The standard InChI is InChI=1S/C6H9ClN2O2S/c1-5(10)4-9-3-2-6(8-9)12(7)11/h2-3,5,10H,4H2,1H3. The summed E-state index contributed by atoms with van der Waals surface area (Å²) in [4.78, 5) is 0. The van der Waals surface area contributed by atoms with E-state index >= 15 is 0 Å². The molecule has 0 saturated heterocycles. The first kappa shape index (κ1) is 9.70. The fraction of sp³-hybridized carbons (Fsp3) is 0.500. The van der Waals surface area contributed by atoms with Gasteiger partial charge >= 0.3 is 0 Å². The molecule has 1 aromatic heterocycles. The van der Waals surface area contributed by atoms with Crippen LogP contribution in [0, 0.1) is 0 Å². The van der Waals surface area contributed by atoms with E-state index in [1.54, 1.807) is 19.2 Å². The van der Waals surface area contributed by atoms with Gasteiger partial charge in [0.1, 0.15) is 0 Å². The van der Waals surface area contributed by atoms with Crippen LogP contribution in [0.5, 0.6) is 0 Å². The average molecular weight is 209 g/mol. The summed E-state index contributed by atoms with van der Waals surface area (Å²) in [5.74, 6) is 0. The van der Waals surface area contributed by atoms with Crippen LogP contribution in [-0.4, -0.2) is 25.2 Å². The molecule has 0 fully saturated rings. The second-order valence-electron chi connectivity index (χ2n) is 2.45. The maximum absolute atomic E-state index is 10.7. The van der Waals surface area contributed by atoms with E-state index in [2.05, 4.69) is 5.10 Å². The van der Waals surface area contributed by atoms with Gasteiger partial charge in [0.05, 0.1) is 12.6 Å². The van der Waals surface area contributed by atoms with Crippen LogP contribution in [0.15, 0.2) is 17.3 Å². The second-order valence-corrected chi connectivity index (χ2v) is 4.15. The monoisotopic (exact) mass is 208 g/mol. The van der Waals surface area contributed by atoms with Crippen molar-refractivity contribution < 1.29 is 9.32 Å². The number of rotatable bonds is 3. The Balaban J connectivity index is 2.71. The Bertz CT molecular complexity index is 287. The van der Waals surface area contributed by atoms with E-state index < -0.39 is 16.1 Å². The lowest BCUT2D eigenvalue weighted by atomic mass is 10.4. The highest BCUT2D eigenvalue weighted by Crippen LogP contribution is 2.06. The molecule has 68 valence electrons. The molecule has 0 aromatic carbocycles. The first-order chi connectivity index (χ1) is 5.59. The number of halogens is 1. The van der Waals surface area contributed by atoms with Crippen LogP contribution in [0.2, 0.25) is 0 Å². The summed E-state index contributed by atoms with van der Waals surface area (Å²) in [5.41, 5.74) is 0. The molecule has 0 aliphatic heterocycles. The molecule has 4 nitrogen and oxygen atoms in total. The molecule has 1 rings (SSSR count). The zero-order chi connectivity index (χ0) is 9.14. The van der Waals surface area contributed by atoms with Crippen LogP contribution in [0.1, 0.15) is 6.92 Å². The predicted molar refractivity (Wildman–Crippen MR) is 46.2 cm³/mol. The minimum Gasteiger partial charge on any atom is -0.391 e. The number of aliphatic hydroxyl groups is 1. The van der Waals surface area contributed by atoms with Gasteiger partial charge in [-0.15, -0.1) is 0 Å². The topological polar surface area (TPSA) is 55.1 Å². The normalized spacial score (nSPS) is 15.9. The van der Waals surface area contributed by atoms with Gasteiger partial charge in [0.15, 0.2) is 15.0 Å². The Hall–Kier alpha value is -0.390. The van der Waals surface area contributed by atoms with Gasteiger partial charge < -0.3 is 5.11 Å². The van der Waals surface area contributed by atoms with E-state index in [4.69, 9.17) is 15.8 Å². The van der Waals surface area contributed by atoms with Crippen molar-refractivity contribution in [2.45, 2.75) is 24.6 Å². The van der Waals surface area contributed by atoms with Crippen LogP contribution in [0.4, 0.5) is 0 Å². The van der Waals surface area contributed by atoms with Crippen molar-refractivity contribution >= 4 is 20.7 Å². The third kappa shape index (κ3) is 2.58. The smallest absolute Gasteiger partial charge is 0.168 e. The van der Waals surface area contributed by atoms with Gasteiger partial charge in [-0.05, 0) is 23.7 Å². The largest absolute Gasteiger partial charge is 0.391 e. The predicted octanol–water partition coefficient (Wildman–Crippen LogP) is 0.525. The summed E-state index contributed by atoms with van der Waals surface area (Å²) in [6, 6.07) is 1.56. The molecule has 0 saturated carbocycles. The third-order valence-corrected chi connectivity index (χ3v) is 2.25. The Labute approximate surface area is 77.1 Å². The molecular formula is C6H9ClN2O2S. The van der Waals surface area contributed by atoms with Crippen LogP contribution >= 0.6 is 10.7 Å². The molecule has 0 bridgehead atoms. The van der Waals surface area contributed by atoms with E-state index in [9.17, 15) is 4.21 Å². The van der Waals surface area contributed by atoms with Gasteiger partial charge in [0.2, 0.25) is 0 Å². The van der Waals surface area contributed by atoms with Crippen LogP contribution in [0.3, 0.4) is 0 Å². The summed E-state index contributed by atoms with van der Waals surface area (Å²) in [5, 5.41) is 13.2. The summed E-state index contributed by atoms with van der Waals surface area (Å²) in [6.45, 7) is 2.03. The van der Waals surface area contributed by atoms with Gasteiger partial charge in [-0.3, -0.25) is 4.68 Å². The van der Waals surface area contributed by atoms with E-state index in [-0.39, 0.29) is 0 Å². The van der Waals surface area contributed by atoms with Gasteiger partial charge in [0, 0.05) is 6.20 Å². The SMILES string of the molecule is CC(O)Cn1ccc(S(=O)Cl)n1. The minimum absolute atomic E-state index is 0.317.